The predicted octanol–water partition coefficient (Wildman–Crippen LogP) is 6.28. The molecule has 5 heteroatoms. The van der Waals surface area contributed by atoms with Crippen molar-refractivity contribution in [2.45, 2.75) is 11.8 Å². The topological polar surface area (TPSA) is 43.4 Å². The molecule has 0 saturated heterocycles. The largest absolute Gasteiger partial charge is 0.485 e. The zero-order chi connectivity index (χ0) is 21.1. The Labute approximate surface area is 184 Å². The predicted molar refractivity (Wildman–Crippen MR) is 122 cm³/mol. The molecule has 150 valence electrons. The van der Waals surface area contributed by atoms with Crippen LogP contribution >= 0.6 is 23.4 Å². The Morgan fingerprint density at radius 1 is 1.10 bits per heavy atom. The van der Waals surface area contributed by atoms with Crippen molar-refractivity contribution in [1.29, 1.82) is 0 Å². The van der Waals surface area contributed by atoms with Crippen molar-refractivity contribution in [3.8, 4) is 5.75 Å². The first-order valence-corrected chi connectivity index (χ1v) is 10.9. The summed E-state index contributed by atoms with van der Waals surface area (Å²) in [6.45, 7) is 1.92. The van der Waals surface area contributed by atoms with Crippen molar-refractivity contribution in [2.75, 3.05) is 12.4 Å². The lowest BCUT2D eigenvalue weighted by Gasteiger charge is -2.17. The average molecular weight is 435 g/mol. The van der Waals surface area contributed by atoms with E-state index in [2.05, 4.69) is 0 Å². The molecule has 0 atom stereocenters. The summed E-state index contributed by atoms with van der Waals surface area (Å²) in [5.74, 6) is 1.16. The number of rotatable bonds is 5. The van der Waals surface area contributed by atoms with E-state index in [9.17, 15) is 9.59 Å². The quantitative estimate of drug-likeness (QED) is 0.350. The highest BCUT2D eigenvalue weighted by atomic mass is 35.5. The van der Waals surface area contributed by atoms with E-state index in [4.69, 9.17) is 16.3 Å². The number of carbonyl (C=O) groups is 2. The fourth-order valence-corrected chi connectivity index (χ4v) is 4.33. The Hall–Kier alpha value is -2.82. The number of halogens is 1. The van der Waals surface area contributed by atoms with Gasteiger partial charge in [0.05, 0.1) is 0 Å². The second-order valence-corrected chi connectivity index (χ2v) is 8.53. The van der Waals surface area contributed by atoms with Crippen LogP contribution in [0.5, 0.6) is 5.75 Å². The Morgan fingerprint density at radius 2 is 1.90 bits per heavy atom. The van der Waals surface area contributed by atoms with E-state index in [1.165, 1.54) is 0 Å². The molecule has 0 aromatic heterocycles. The zero-order valence-electron chi connectivity index (χ0n) is 16.4. The highest BCUT2D eigenvalue weighted by molar-refractivity contribution is 7.99. The molecule has 3 aromatic carbocycles. The number of carbonyl (C=O) groups excluding carboxylic acids is 2. The lowest BCUT2D eigenvalue weighted by molar-refractivity contribution is 0.0921. The molecule has 1 aliphatic heterocycles. The smallest absolute Gasteiger partial charge is 0.200 e. The molecule has 4 rings (SSSR count). The van der Waals surface area contributed by atoms with E-state index in [0.717, 1.165) is 27.2 Å². The van der Waals surface area contributed by atoms with Gasteiger partial charge in [-0.2, -0.15) is 0 Å². The van der Waals surface area contributed by atoms with Gasteiger partial charge < -0.3 is 4.74 Å². The van der Waals surface area contributed by atoms with Crippen molar-refractivity contribution in [3.05, 3.63) is 99.6 Å². The third kappa shape index (κ3) is 4.66. The number of ether oxygens (including phenoxy) is 1. The van der Waals surface area contributed by atoms with Gasteiger partial charge in [0.2, 0.25) is 0 Å². The molecule has 30 heavy (non-hydrogen) atoms. The SMILES string of the molecule is Cc1ccc2c(c1)C(=O)/C(=C/c1cccc(OCC(=O)c3ccc(Cl)cc3)c1)CS2. The van der Waals surface area contributed by atoms with Gasteiger partial charge in [-0.1, -0.05) is 35.4 Å². The van der Waals surface area contributed by atoms with Crippen LogP contribution in [0.15, 0.2) is 77.2 Å². The normalized spacial score (nSPS) is 14.5. The molecule has 0 aliphatic carbocycles. The fraction of sp³-hybridized carbons (Fsp3) is 0.120. The number of benzene rings is 3. The molecule has 3 nitrogen and oxygen atoms in total. The van der Waals surface area contributed by atoms with Gasteiger partial charge in [-0.25, -0.2) is 0 Å². The van der Waals surface area contributed by atoms with Crippen molar-refractivity contribution in [3.63, 3.8) is 0 Å². The molecule has 1 aliphatic rings. The minimum atomic E-state index is -0.124. The van der Waals surface area contributed by atoms with Crippen LogP contribution in [-0.4, -0.2) is 23.9 Å². The molecule has 0 amide bonds. The van der Waals surface area contributed by atoms with E-state index in [-0.39, 0.29) is 18.2 Å². The molecule has 0 spiro atoms. The van der Waals surface area contributed by atoms with Crippen LogP contribution in [0.3, 0.4) is 0 Å². The summed E-state index contributed by atoms with van der Waals surface area (Å²) in [6.07, 6.45) is 1.90. The Kier molecular flexibility index (Phi) is 6.07. The van der Waals surface area contributed by atoms with Gasteiger partial charge in [0.15, 0.2) is 18.2 Å². The average Bonchev–Trinajstić information content (AvgIpc) is 2.75. The van der Waals surface area contributed by atoms with Crippen LogP contribution in [0.2, 0.25) is 5.02 Å². The summed E-state index contributed by atoms with van der Waals surface area (Å²) in [5, 5.41) is 0.585. The first-order chi connectivity index (χ1) is 14.5. The third-order valence-electron chi connectivity index (χ3n) is 4.79. The third-order valence-corrected chi connectivity index (χ3v) is 6.16. The summed E-state index contributed by atoms with van der Waals surface area (Å²) >= 11 is 7.53. The van der Waals surface area contributed by atoms with E-state index in [0.29, 0.717) is 22.1 Å². The summed E-state index contributed by atoms with van der Waals surface area (Å²) < 4.78 is 5.68. The molecule has 0 N–H and O–H groups in total. The lowest BCUT2D eigenvalue weighted by atomic mass is 10.00. The second kappa shape index (κ2) is 8.90. The molecule has 0 fully saturated rings. The molecular formula is C25H19ClO3S. The van der Waals surface area contributed by atoms with Crippen LogP contribution in [0.4, 0.5) is 0 Å². The van der Waals surface area contributed by atoms with Gasteiger partial charge in [-0.15, -0.1) is 11.8 Å². The second-order valence-electron chi connectivity index (χ2n) is 7.08. The summed E-state index contributed by atoms with van der Waals surface area (Å²) in [4.78, 5) is 26.2. The minimum absolute atomic E-state index is 0.0664. The van der Waals surface area contributed by atoms with Crippen LogP contribution in [0.25, 0.3) is 6.08 Å². The monoisotopic (exact) mass is 434 g/mol. The molecule has 0 unspecified atom stereocenters. The van der Waals surface area contributed by atoms with Crippen molar-refractivity contribution in [2.24, 2.45) is 0 Å². The summed E-state index contributed by atoms with van der Waals surface area (Å²) in [7, 11) is 0. The maximum Gasteiger partial charge on any atom is 0.200 e. The number of aryl methyl sites for hydroxylation is 1. The molecule has 0 bridgehead atoms. The summed E-state index contributed by atoms with van der Waals surface area (Å²) in [5.41, 5.74) is 4.01. The first kappa shape index (κ1) is 20.5. The van der Waals surface area contributed by atoms with Crippen LogP contribution in [0.1, 0.15) is 31.8 Å². The molecule has 3 aromatic rings. The molecule has 0 radical (unpaired) electrons. The first-order valence-electron chi connectivity index (χ1n) is 9.50. The Bertz CT molecular complexity index is 1150. The van der Waals surface area contributed by atoms with Crippen LogP contribution in [-0.2, 0) is 0 Å². The number of ketones is 2. The molecule has 1 heterocycles. The van der Waals surface area contributed by atoms with E-state index < -0.39 is 0 Å². The number of fused-ring (bicyclic) bond motifs is 1. The van der Waals surface area contributed by atoms with E-state index in [1.54, 1.807) is 42.1 Å². The van der Waals surface area contributed by atoms with E-state index >= 15 is 0 Å². The molecular weight excluding hydrogens is 416 g/mol. The maximum absolute atomic E-state index is 12.9. The van der Waals surface area contributed by atoms with Crippen LogP contribution < -0.4 is 4.74 Å². The highest BCUT2D eigenvalue weighted by Gasteiger charge is 2.22. The zero-order valence-corrected chi connectivity index (χ0v) is 17.9. The standard InChI is InChI=1S/C25H19ClO3S/c1-16-5-10-24-22(11-16)25(28)19(15-30-24)12-17-3-2-4-21(13-17)29-14-23(27)18-6-8-20(26)9-7-18/h2-13H,14-15H2,1H3/b19-12+. The van der Waals surface area contributed by atoms with Gasteiger partial charge in [-0.05, 0) is 67.1 Å². The number of Topliss-reactive ketones (excluding diaryl/α,β-unsaturated/α-hetero) is 2. The number of thioether (sulfide) groups is 1. The van der Waals surface area contributed by atoms with Crippen molar-refractivity contribution in [1.82, 2.24) is 0 Å². The minimum Gasteiger partial charge on any atom is -0.485 e. The van der Waals surface area contributed by atoms with Gasteiger partial charge in [0.25, 0.3) is 0 Å². The Balaban J connectivity index is 1.47. The van der Waals surface area contributed by atoms with Gasteiger partial charge in [-0.3, -0.25) is 9.59 Å². The highest BCUT2D eigenvalue weighted by Crippen LogP contribution is 2.34. The Morgan fingerprint density at radius 3 is 2.70 bits per heavy atom. The van der Waals surface area contributed by atoms with Crippen molar-refractivity contribution < 1.29 is 14.3 Å². The van der Waals surface area contributed by atoms with Crippen LogP contribution in [0, 0.1) is 6.92 Å². The van der Waals surface area contributed by atoms with Gasteiger partial charge in [0, 0.05) is 32.4 Å². The number of hydrogen-bond donors (Lipinski definition) is 0. The van der Waals surface area contributed by atoms with Gasteiger partial charge in [0.1, 0.15) is 5.75 Å². The van der Waals surface area contributed by atoms with E-state index in [1.807, 2.05) is 49.4 Å². The fourth-order valence-electron chi connectivity index (χ4n) is 3.21. The molecule has 0 saturated carbocycles. The van der Waals surface area contributed by atoms with Crippen molar-refractivity contribution >= 4 is 41.0 Å². The van der Waals surface area contributed by atoms with Gasteiger partial charge >= 0.3 is 0 Å². The lowest BCUT2D eigenvalue weighted by Crippen LogP contribution is -2.12. The maximum atomic E-state index is 12.9. The summed E-state index contributed by atoms with van der Waals surface area (Å²) in [6, 6.07) is 20.1. The number of hydrogen-bond acceptors (Lipinski definition) is 4.